The van der Waals surface area contributed by atoms with Gasteiger partial charge in [-0.15, -0.1) is 0 Å². The van der Waals surface area contributed by atoms with Crippen molar-refractivity contribution in [3.05, 3.63) is 194 Å². The molecular formula is C50H32N6. The molecule has 6 nitrogen and oxygen atoms in total. The van der Waals surface area contributed by atoms with Gasteiger partial charge in [0.1, 0.15) is 0 Å². The minimum Gasteiger partial charge on any atom is -0.307 e. The van der Waals surface area contributed by atoms with E-state index in [9.17, 15) is 0 Å². The van der Waals surface area contributed by atoms with Crippen LogP contribution in [0.1, 0.15) is 0 Å². The summed E-state index contributed by atoms with van der Waals surface area (Å²) in [4.78, 5) is 21.2. The van der Waals surface area contributed by atoms with Crippen molar-refractivity contribution < 1.29 is 0 Å². The standard InChI is InChI=1S/C50H32N6/c1-3-17-33(18-4-1)35-25-15-26-36(34-19-5-2-6-20-34)46(35)49-52-48(53-50(54-49)56-41-27-11-7-21-37(41)38-22-8-12-28-42(38)56)40-24-10-14-30-44(40)55-43-29-13-9-23-39(43)47-45(55)31-16-32-51-47/h1-32H. The zero-order chi connectivity index (χ0) is 37.0. The Morgan fingerprint density at radius 3 is 1.50 bits per heavy atom. The van der Waals surface area contributed by atoms with Gasteiger partial charge in [0.05, 0.1) is 33.3 Å². The molecule has 11 aromatic rings. The van der Waals surface area contributed by atoms with Crippen LogP contribution in [0.3, 0.4) is 0 Å². The molecule has 0 aliphatic rings. The Kier molecular flexibility index (Phi) is 7.38. The summed E-state index contributed by atoms with van der Waals surface area (Å²) >= 11 is 0. The van der Waals surface area contributed by atoms with Gasteiger partial charge in [0.2, 0.25) is 5.95 Å². The zero-order valence-electron chi connectivity index (χ0n) is 30.2. The molecule has 0 aliphatic heterocycles. The van der Waals surface area contributed by atoms with Crippen LogP contribution in [0.4, 0.5) is 0 Å². The third-order valence-electron chi connectivity index (χ3n) is 10.7. The minimum absolute atomic E-state index is 0.544. The second-order valence-electron chi connectivity index (χ2n) is 13.9. The Labute approximate surface area is 322 Å². The molecule has 0 spiro atoms. The number of hydrogen-bond acceptors (Lipinski definition) is 4. The summed E-state index contributed by atoms with van der Waals surface area (Å²) in [7, 11) is 0. The van der Waals surface area contributed by atoms with E-state index >= 15 is 0 Å². The molecule has 262 valence electrons. The molecule has 0 fully saturated rings. The Morgan fingerprint density at radius 2 is 0.839 bits per heavy atom. The fourth-order valence-electron chi connectivity index (χ4n) is 8.25. The van der Waals surface area contributed by atoms with Gasteiger partial charge in [0.15, 0.2) is 11.6 Å². The van der Waals surface area contributed by atoms with Crippen LogP contribution in [0.5, 0.6) is 0 Å². The van der Waals surface area contributed by atoms with Gasteiger partial charge in [-0.1, -0.05) is 146 Å². The maximum absolute atomic E-state index is 5.48. The molecular weight excluding hydrogens is 685 g/mol. The van der Waals surface area contributed by atoms with E-state index in [2.05, 4.69) is 179 Å². The molecule has 4 heterocycles. The van der Waals surface area contributed by atoms with Crippen LogP contribution >= 0.6 is 0 Å². The highest BCUT2D eigenvalue weighted by molar-refractivity contribution is 6.09. The fraction of sp³-hybridized carbons (Fsp3) is 0. The van der Waals surface area contributed by atoms with Gasteiger partial charge < -0.3 is 4.57 Å². The third kappa shape index (κ3) is 5.04. The lowest BCUT2D eigenvalue weighted by Crippen LogP contribution is -2.08. The van der Waals surface area contributed by atoms with Gasteiger partial charge in [-0.2, -0.15) is 9.97 Å². The molecule has 0 radical (unpaired) electrons. The van der Waals surface area contributed by atoms with E-state index in [0.717, 1.165) is 82.8 Å². The lowest BCUT2D eigenvalue weighted by molar-refractivity contribution is 0.952. The smallest absolute Gasteiger partial charge is 0.238 e. The van der Waals surface area contributed by atoms with Crippen molar-refractivity contribution >= 4 is 43.7 Å². The average molecular weight is 717 g/mol. The van der Waals surface area contributed by atoms with Crippen LogP contribution in [0, 0.1) is 0 Å². The SMILES string of the molecule is c1ccc(-c2cccc(-c3ccccc3)c2-c2nc(-c3ccccc3-n3c4ccccc4c4ncccc43)nc(-n3c4ccccc4c4ccccc43)n2)cc1. The number of benzene rings is 7. The second-order valence-corrected chi connectivity index (χ2v) is 13.9. The van der Waals surface area contributed by atoms with Crippen LogP contribution < -0.4 is 0 Å². The van der Waals surface area contributed by atoms with Crippen molar-refractivity contribution in [1.82, 2.24) is 29.1 Å². The van der Waals surface area contributed by atoms with Gasteiger partial charge in [-0.25, -0.2) is 4.98 Å². The highest BCUT2D eigenvalue weighted by atomic mass is 15.2. The summed E-state index contributed by atoms with van der Waals surface area (Å²) in [6, 6.07) is 65.3. The summed E-state index contributed by atoms with van der Waals surface area (Å²) in [5, 5.41) is 3.36. The fourth-order valence-corrected chi connectivity index (χ4v) is 8.25. The first-order valence-electron chi connectivity index (χ1n) is 18.7. The predicted octanol–water partition coefficient (Wildman–Crippen LogP) is 12.1. The van der Waals surface area contributed by atoms with Gasteiger partial charge in [-0.3, -0.25) is 9.55 Å². The number of hydrogen-bond donors (Lipinski definition) is 0. The molecule has 6 heteroatoms. The molecule has 0 N–H and O–H groups in total. The highest BCUT2D eigenvalue weighted by Crippen LogP contribution is 2.41. The Morgan fingerprint density at radius 1 is 0.339 bits per heavy atom. The van der Waals surface area contributed by atoms with Gasteiger partial charge in [0, 0.05) is 33.5 Å². The van der Waals surface area contributed by atoms with Gasteiger partial charge in [-0.05, 0) is 64.7 Å². The molecule has 0 saturated carbocycles. The van der Waals surface area contributed by atoms with E-state index in [0.29, 0.717) is 17.6 Å². The van der Waals surface area contributed by atoms with Crippen molar-refractivity contribution in [2.24, 2.45) is 0 Å². The Balaban J connectivity index is 1.26. The molecule has 11 rings (SSSR count). The van der Waals surface area contributed by atoms with Crippen LogP contribution in [0.15, 0.2) is 194 Å². The quantitative estimate of drug-likeness (QED) is 0.172. The minimum atomic E-state index is 0.544. The first-order chi connectivity index (χ1) is 27.8. The van der Waals surface area contributed by atoms with E-state index in [1.54, 1.807) is 0 Å². The van der Waals surface area contributed by atoms with Crippen molar-refractivity contribution in [2.45, 2.75) is 0 Å². The first-order valence-corrected chi connectivity index (χ1v) is 18.7. The summed E-state index contributed by atoms with van der Waals surface area (Å²) in [6.07, 6.45) is 1.86. The number of para-hydroxylation sites is 4. The number of nitrogens with zero attached hydrogens (tertiary/aromatic N) is 6. The van der Waals surface area contributed by atoms with E-state index < -0.39 is 0 Å². The van der Waals surface area contributed by atoms with Crippen molar-refractivity contribution in [3.63, 3.8) is 0 Å². The van der Waals surface area contributed by atoms with Crippen LogP contribution in [-0.2, 0) is 0 Å². The van der Waals surface area contributed by atoms with Gasteiger partial charge in [0.25, 0.3) is 0 Å². The summed E-state index contributed by atoms with van der Waals surface area (Å²) in [5.74, 6) is 1.70. The molecule has 0 atom stereocenters. The second kappa shape index (κ2) is 13.0. The van der Waals surface area contributed by atoms with Crippen molar-refractivity contribution in [2.75, 3.05) is 0 Å². The number of fused-ring (bicyclic) bond motifs is 6. The molecule has 56 heavy (non-hydrogen) atoms. The van der Waals surface area contributed by atoms with Crippen molar-refractivity contribution in [3.8, 4) is 56.7 Å². The molecule has 0 saturated heterocycles. The highest BCUT2D eigenvalue weighted by Gasteiger charge is 2.24. The monoisotopic (exact) mass is 716 g/mol. The summed E-state index contributed by atoms with van der Waals surface area (Å²) < 4.78 is 4.46. The lowest BCUT2D eigenvalue weighted by Gasteiger charge is -2.18. The molecule has 0 aliphatic carbocycles. The predicted molar refractivity (Wildman–Crippen MR) is 228 cm³/mol. The first kappa shape index (κ1) is 31.8. The maximum atomic E-state index is 5.48. The number of aromatic nitrogens is 6. The van der Waals surface area contributed by atoms with Crippen molar-refractivity contribution in [1.29, 1.82) is 0 Å². The van der Waals surface area contributed by atoms with Crippen LogP contribution in [-0.4, -0.2) is 29.1 Å². The third-order valence-corrected chi connectivity index (χ3v) is 10.7. The summed E-state index contributed by atoms with van der Waals surface area (Å²) in [6.45, 7) is 0. The van der Waals surface area contributed by atoms with E-state index in [1.165, 1.54) is 0 Å². The van der Waals surface area contributed by atoms with E-state index in [1.807, 2.05) is 24.4 Å². The molecule has 0 amide bonds. The average Bonchev–Trinajstić information content (AvgIpc) is 3.80. The molecule has 0 unspecified atom stereocenters. The Bertz CT molecular complexity index is 3090. The Hall–Kier alpha value is -7.70. The van der Waals surface area contributed by atoms with Crippen LogP contribution in [0.2, 0.25) is 0 Å². The van der Waals surface area contributed by atoms with E-state index in [-0.39, 0.29) is 0 Å². The van der Waals surface area contributed by atoms with Crippen LogP contribution in [0.25, 0.3) is 100 Å². The normalized spacial score (nSPS) is 11.6. The zero-order valence-corrected chi connectivity index (χ0v) is 30.2. The molecule has 0 bridgehead atoms. The van der Waals surface area contributed by atoms with Gasteiger partial charge >= 0.3 is 0 Å². The summed E-state index contributed by atoms with van der Waals surface area (Å²) in [5.41, 5.74) is 12.1. The van der Waals surface area contributed by atoms with E-state index in [4.69, 9.17) is 19.9 Å². The molecule has 4 aromatic heterocycles. The maximum Gasteiger partial charge on any atom is 0.238 e. The number of rotatable bonds is 6. The molecule has 7 aromatic carbocycles. The topological polar surface area (TPSA) is 61.4 Å². The largest absolute Gasteiger partial charge is 0.307 e. The number of pyridine rings is 1. The lowest BCUT2D eigenvalue weighted by atomic mass is 9.91.